The second-order valence-corrected chi connectivity index (χ2v) is 4.18. The molecule has 0 saturated carbocycles. The van der Waals surface area contributed by atoms with E-state index in [0.29, 0.717) is 11.8 Å². The van der Waals surface area contributed by atoms with Crippen molar-refractivity contribution >= 4 is 28.8 Å². The van der Waals surface area contributed by atoms with Crippen molar-refractivity contribution in [1.82, 2.24) is 5.32 Å². The molecule has 2 atom stereocenters. The number of carboxylic acid groups (broad SMARTS) is 1. The summed E-state index contributed by atoms with van der Waals surface area (Å²) in [5.41, 5.74) is 0. The molecule has 2 N–H and O–H groups in total. The van der Waals surface area contributed by atoms with E-state index in [9.17, 15) is 14.4 Å². The molecule has 80 valence electrons. The van der Waals surface area contributed by atoms with Crippen molar-refractivity contribution in [2.45, 2.75) is 32.1 Å². The number of thioether (sulfide) groups is 1. The molecule has 0 rings (SSSR count). The Bertz CT molecular complexity index is 254. The minimum atomic E-state index is -1.04. The second kappa shape index (κ2) is 5.64. The van der Waals surface area contributed by atoms with E-state index < -0.39 is 17.3 Å². The molecule has 0 fully saturated rings. The number of hydrogen-bond acceptors (Lipinski definition) is 4. The van der Waals surface area contributed by atoms with Crippen LogP contribution in [0.1, 0.15) is 20.8 Å². The Balaban J connectivity index is 4.07. The topological polar surface area (TPSA) is 83.5 Å². The summed E-state index contributed by atoms with van der Waals surface area (Å²) in [6.07, 6.45) is 0. The maximum atomic E-state index is 11.3. The normalized spacial score (nSPS) is 14.2. The van der Waals surface area contributed by atoms with Gasteiger partial charge in [-0.25, -0.2) is 0 Å². The van der Waals surface area contributed by atoms with Gasteiger partial charge in [-0.1, -0.05) is 11.8 Å². The monoisotopic (exact) mass is 219 g/mol. The Morgan fingerprint density at radius 1 is 1.29 bits per heavy atom. The molecular weight excluding hydrogens is 206 g/mol. The largest absolute Gasteiger partial charge is 0.480 e. The van der Waals surface area contributed by atoms with Crippen molar-refractivity contribution in [2.24, 2.45) is 0 Å². The molecule has 1 amide bonds. The van der Waals surface area contributed by atoms with E-state index in [4.69, 9.17) is 5.11 Å². The fourth-order valence-corrected chi connectivity index (χ4v) is 1.40. The van der Waals surface area contributed by atoms with Gasteiger partial charge in [-0.2, -0.15) is 0 Å². The van der Waals surface area contributed by atoms with E-state index in [1.807, 2.05) is 0 Å². The van der Waals surface area contributed by atoms with Crippen molar-refractivity contribution in [3.8, 4) is 0 Å². The molecule has 0 saturated heterocycles. The standard InChI is InChI=1S/C8H13NO4S/c1-4(9-6(3)10)8(13)14-5(2)7(11)12/h4-5H,1-3H3,(H,9,10)(H,11,12). The molecule has 0 aromatic carbocycles. The second-order valence-electron chi connectivity index (χ2n) is 2.84. The molecule has 0 aromatic heterocycles. The van der Waals surface area contributed by atoms with Crippen LogP contribution in [-0.4, -0.2) is 33.4 Å². The van der Waals surface area contributed by atoms with Crippen LogP contribution in [0.3, 0.4) is 0 Å². The van der Waals surface area contributed by atoms with Gasteiger partial charge in [0.25, 0.3) is 0 Å². The van der Waals surface area contributed by atoms with Gasteiger partial charge in [-0.3, -0.25) is 14.4 Å². The lowest BCUT2D eigenvalue weighted by atomic mass is 10.4. The summed E-state index contributed by atoms with van der Waals surface area (Å²) in [7, 11) is 0. The van der Waals surface area contributed by atoms with E-state index in [1.165, 1.54) is 20.8 Å². The van der Waals surface area contributed by atoms with Crippen LogP contribution >= 0.6 is 11.8 Å². The first kappa shape index (κ1) is 13.0. The summed E-state index contributed by atoms with van der Waals surface area (Å²) in [6, 6.07) is -0.653. The van der Waals surface area contributed by atoms with Gasteiger partial charge in [0.1, 0.15) is 5.25 Å². The molecule has 0 aromatic rings. The van der Waals surface area contributed by atoms with Crippen molar-refractivity contribution in [3.05, 3.63) is 0 Å². The fraction of sp³-hybridized carbons (Fsp3) is 0.625. The molecular formula is C8H13NO4S. The minimum absolute atomic E-state index is 0.311. The summed E-state index contributed by atoms with van der Waals surface area (Å²) in [4.78, 5) is 32.3. The zero-order chi connectivity index (χ0) is 11.3. The Kier molecular flexibility index (Phi) is 5.22. The van der Waals surface area contributed by atoms with Gasteiger partial charge in [-0.15, -0.1) is 0 Å². The zero-order valence-corrected chi connectivity index (χ0v) is 9.05. The number of hydrogen-bond donors (Lipinski definition) is 2. The molecule has 0 radical (unpaired) electrons. The van der Waals surface area contributed by atoms with Crippen molar-refractivity contribution < 1.29 is 19.5 Å². The lowest BCUT2D eigenvalue weighted by molar-refractivity contribution is -0.136. The number of nitrogens with one attached hydrogen (secondary N) is 1. The van der Waals surface area contributed by atoms with Crippen LogP contribution in [-0.2, 0) is 14.4 Å². The number of aliphatic carboxylic acids is 1. The third-order valence-corrected chi connectivity index (χ3v) is 2.56. The van der Waals surface area contributed by atoms with Crippen LogP contribution in [0, 0.1) is 0 Å². The predicted octanol–water partition coefficient (Wildman–Crippen LogP) is 0.244. The highest BCUT2D eigenvalue weighted by Gasteiger charge is 2.21. The first-order valence-electron chi connectivity index (χ1n) is 4.05. The summed E-state index contributed by atoms with van der Waals surface area (Å²) in [5, 5.41) is 9.77. The molecule has 0 aliphatic carbocycles. The molecule has 5 nitrogen and oxygen atoms in total. The van der Waals surface area contributed by atoms with Gasteiger partial charge >= 0.3 is 5.97 Å². The predicted molar refractivity (Wildman–Crippen MR) is 53.0 cm³/mol. The van der Waals surface area contributed by atoms with Crippen LogP contribution in [0.4, 0.5) is 0 Å². The van der Waals surface area contributed by atoms with E-state index >= 15 is 0 Å². The average molecular weight is 219 g/mol. The lowest BCUT2D eigenvalue weighted by Crippen LogP contribution is -2.36. The smallest absolute Gasteiger partial charge is 0.316 e. The molecule has 0 heterocycles. The number of amides is 1. The SMILES string of the molecule is CC(=O)NC(C)C(=O)SC(C)C(=O)O. The molecule has 14 heavy (non-hydrogen) atoms. The third-order valence-electron chi connectivity index (χ3n) is 1.41. The van der Waals surface area contributed by atoms with Crippen molar-refractivity contribution in [3.63, 3.8) is 0 Å². The van der Waals surface area contributed by atoms with Crippen molar-refractivity contribution in [1.29, 1.82) is 0 Å². The minimum Gasteiger partial charge on any atom is -0.480 e. The summed E-state index contributed by atoms with van der Waals surface area (Å²) < 4.78 is 0. The summed E-state index contributed by atoms with van der Waals surface area (Å²) in [5.74, 6) is -1.35. The molecule has 6 heteroatoms. The van der Waals surface area contributed by atoms with E-state index in [2.05, 4.69) is 5.32 Å². The fourth-order valence-electron chi connectivity index (χ4n) is 0.691. The average Bonchev–Trinajstić information content (AvgIpc) is 2.02. The summed E-state index contributed by atoms with van der Waals surface area (Å²) in [6.45, 7) is 4.24. The van der Waals surface area contributed by atoms with Crippen LogP contribution in [0.2, 0.25) is 0 Å². The molecule has 0 bridgehead atoms. The van der Waals surface area contributed by atoms with Gasteiger partial charge < -0.3 is 10.4 Å². The molecule has 0 spiro atoms. The van der Waals surface area contributed by atoms with E-state index in [0.717, 1.165) is 0 Å². The van der Waals surface area contributed by atoms with Gasteiger partial charge in [0.2, 0.25) is 11.0 Å². The zero-order valence-electron chi connectivity index (χ0n) is 8.23. The first-order chi connectivity index (χ1) is 6.34. The maximum Gasteiger partial charge on any atom is 0.316 e. The van der Waals surface area contributed by atoms with Crippen LogP contribution < -0.4 is 5.32 Å². The Labute approximate surface area is 86.2 Å². The number of carbonyl (C=O) groups is 3. The van der Waals surface area contributed by atoms with Gasteiger partial charge in [-0.05, 0) is 13.8 Å². The van der Waals surface area contributed by atoms with Gasteiger partial charge in [0.05, 0.1) is 6.04 Å². The van der Waals surface area contributed by atoms with Crippen LogP contribution in [0.25, 0.3) is 0 Å². The molecule has 2 unspecified atom stereocenters. The quantitative estimate of drug-likeness (QED) is 0.707. The Hall–Kier alpha value is -1.04. The Morgan fingerprint density at radius 3 is 2.14 bits per heavy atom. The van der Waals surface area contributed by atoms with Gasteiger partial charge in [0.15, 0.2) is 0 Å². The Morgan fingerprint density at radius 2 is 1.79 bits per heavy atom. The van der Waals surface area contributed by atoms with Crippen molar-refractivity contribution in [2.75, 3.05) is 0 Å². The highest BCUT2D eigenvalue weighted by molar-refractivity contribution is 8.14. The third kappa shape index (κ3) is 4.86. The maximum absolute atomic E-state index is 11.3. The molecule has 0 aliphatic heterocycles. The number of rotatable bonds is 4. The molecule has 0 aliphatic rings. The summed E-state index contributed by atoms with van der Waals surface area (Å²) >= 11 is 0.705. The van der Waals surface area contributed by atoms with Crippen LogP contribution in [0.15, 0.2) is 0 Å². The first-order valence-corrected chi connectivity index (χ1v) is 4.93. The van der Waals surface area contributed by atoms with E-state index in [-0.39, 0.29) is 11.0 Å². The number of carbonyl (C=O) groups excluding carboxylic acids is 2. The van der Waals surface area contributed by atoms with Gasteiger partial charge in [0, 0.05) is 6.92 Å². The van der Waals surface area contributed by atoms with Crippen LogP contribution in [0.5, 0.6) is 0 Å². The lowest BCUT2D eigenvalue weighted by Gasteiger charge is -2.11. The highest BCUT2D eigenvalue weighted by atomic mass is 32.2. The number of carboxylic acids is 1. The highest BCUT2D eigenvalue weighted by Crippen LogP contribution is 2.13. The van der Waals surface area contributed by atoms with E-state index in [1.54, 1.807) is 0 Å².